The summed E-state index contributed by atoms with van der Waals surface area (Å²) < 4.78 is 13.5. The number of methoxy groups -OCH3 is 1. The van der Waals surface area contributed by atoms with Gasteiger partial charge in [-0.05, 0) is 44.2 Å². The molecule has 0 N–H and O–H groups in total. The molecule has 0 amide bonds. The summed E-state index contributed by atoms with van der Waals surface area (Å²) in [5.74, 6) is 0. The summed E-state index contributed by atoms with van der Waals surface area (Å²) in [5.41, 5.74) is 2.45. The van der Waals surface area contributed by atoms with Crippen LogP contribution in [0.25, 0.3) is 0 Å². The standard InChI is InChI=1S/C21H32N4O2S/c1-4-18-12-19-20(28-18)6-11-27-21(19)7-9-24(16(2)13-21)14-17-15-25(23-22-17)8-5-10-26-3/h12,15-16H,4-11,13-14H2,1-3H3/t16-,21+/m0/s1. The summed E-state index contributed by atoms with van der Waals surface area (Å²) in [4.78, 5) is 5.58. The molecular formula is C21H32N4O2S. The van der Waals surface area contributed by atoms with Gasteiger partial charge >= 0.3 is 0 Å². The number of aryl methyl sites for hydroxylation is 2. The van der Waals surface area contributed by atoms with Crippen LogP contribution in [0.5, 0.6) is 0 Å². The summed E-state index contributed by atoms with van der Waals surface area (Å²) in [6.45, 7) is 8.94. The molecule has 0 unspecified atom stereocenters. The molecule has 0 saturated carbocycles. The molecule has 2 aliphatic heterocycles. The van der Waals surface area contributed by atoms with Crippen molar-refractivity contribution >= 4 is 11.3 Å². The lowest BCUT2D eigenvalue weighted by Crippen LogP contribution is -2.50. The van der Waals surface area contributed by atoms with E-state index in [-0.39, 0.29) is 5.60 Å². The van der Waals surface area contributed by atoms with Crippen molar-refractivity contribution in [2.24, 2.45) is 0 Å². The molecule has 0 aromatic carbocycles. The zero-order chi connectivity index (χ0) is 19.6. The number of thiophene rings is 1. The topological polar surface area (TPSA) is 52.4 Å². The Morgan fingerprint density at radius 1 is 1.43 bits per heavy atom. The van der Waals surface area contributed by atoms with E-state index in [1.54, 1.807) is 12.0 Å². The Balaban J connectivity index is 1.40. The molecule has 0 radical (unpaired) electrons. The average molecular weight is 405 g/mol. The molecular weight excluding hydrogens is 372 g/mol. The summed E-state index contributed by atoms with van der Waals surface area (Å²) >= 11 is 1.99. The van der Waals surface area contributed by atoms with Crippen LogP contribution in [-0.4, -0.2) is 52.8 Å². The number of aromatic nitrogens is 3. The van der Waals surface area contributed by atoms with Gasteiger partial charge in [-0.3, -0.25) is 9.58 Å². The fourth-order valence-electron chi connectivity index (χ4n) is 4.61. The number of nitrogens with zero attached hydrogens (tertiary/aromatic N) is 4. The SMILES string of the molecule is CCc1cc2c(s1)CCO[C@@]21CCN(Cc2cn(CCCOC)nn2)[C@@H](C)C1. The van der Waals surface area contributed by atoms with Gasteiger partial charge in [0.25, 0.3) is 0 Å². The van der Waals surface area contributed by atoms with E-state index in [1.165, 1.54) is 10.4 Å². The van der Waals surface area contributed by atoms with Crippen molar-refractivity contribution in [3.8, 4) is 0 Å². The van der Waals surface area contributed by atoms with Gasteiger partial charge in [0.15, 0.2) is 0 Å². The van der Waals surface area contributed by atoms with Crippen molar-refractivity contribution in [1.82, 2.24) is 19.9 Å². The number of likely N-dealkylation sites (tertiary alicyclic amines) is 1. The Labute approximate surface area is 171 Å². The van der Waals surface area contributed by atoms with E-state index >= 15 is 0 Å². The molecule has 2 aromatic heterocycles. The number of piperidine rings is 1. The van der Waals surface area contributed by atoms with Crippen LogP contribution in [0.1, 0.15) is 54.1 Å². The maximum absolute atomic E-state index is 6.45. The lowest BCUT2D eigenvalue weighted by molar-refractivity contribution is -0.112. The van der Waals surface area contributed by atoms with Crippen molar-refractivity contribution in [3.05, 3.63) is 33.3 Å². The molecule has 4 rings (SSSR count). The van der Waals surface area contributed by atoms with Crippen LogP contribution < -0.4 is 0 Å². The zero-order valence-corrected chi connectivity index (χ0v) is 18.1. The van der Waals surface area contributed by atoms with Crippen LogP contribution in [0.15, 0.2) is 12.3 Å². The molecule has 4 heterocycles. The maximum Gasteiger partial charge on any atom is 0.0969 e. The van der Waals surface area contributed by atoms with Crippen LogP contribution in [-0.2, 0) is 41.0 Å². The van der Waals surface area contributed by atoms with Crippen molar-refractivity contribution < 1.29 is 9.47 Å². The minimum Gasteiger partial charge on any atom is -0.385 e. The van der Waals surface area contributed by atoms with E-state index in [0.717, 1.165) is 70.6 Å². The minimum absolute atomic E-state index is 0.0782. The quantitative estimate of drug-likeness (QED) is 0.662. The van der Waals surface area contributed by atoms with Gasteiger partial charge in [0.05, 0.1) is 17.9 Å². The maximum atomic E-state index is 6.45. The Morgan fingerprint density at radius 3 is 3.11 bits per heavy atom. The molecule has 1 saturated heterocycles. The average Bonchev–Trinajstić information content (AvgIpc) is 3.32. The highest BCUT2D eigenvalue weighted by Crippen LogP contribution is 2.46. The number of rotatable bonds is 7. The normalized spacial score (nSPS) is 25.3. The van der Waals surface area contributed by atoms with Gasteiger partial charge in [0.2, 0.25) is 0 Å². The molecule has 0 aliphatic carbocycles. The molecule has 1 spiro atoms. The predicted octanol–water partition coefficient (Wildman–Crippen LogP) is 3.39. The number of hydrogen-bond donors (Lipinski definition) is 0. The van der Waals surface area contributed by atoms with Gasteiger partial charge in [-0.15, -0.1) is 16.4 Å². The largest absolute Gasteiger partial charge is 0.385 e. The molecule has 2 aromatic rings. The highest BCUT2D eigenvalue weighted by atomic mass is 32.1. The number of fused-ring (bicyclic) bond motifs is 2. The number of ether oxygens (including phenoxy) is 2. The molecule has 0 bridgehead atoms. The van der Waals surface area contributed by atoms with Crippen molar-refractivity contribution in [2.75, 3.05) is 26.9 Å². The van der Waals surface area contributed by atoms with Gasteiger partial charge in [-0.1, -0.05) is 12.1 Å². The minimum atomic E-state index is -0.0782. The second-order valence-electron chi connectivity index (χ2n) is 8.09. The Kier molecular flexibility index (Phi) is 6.16. The van der Waals surface area contributed by atoms with Gasteiger partial charge in [-0.25, -0.2) is 0 Å². The first kappa shape index (κ1) is 20.0. The van der Waals surface area contributed by atoms with Gasteiger partial charge in [-0.2, -0.15) is 0 Å². The van der Waals surface area contributed by atoms with E-state index in [0.29, 0.717) is 6.04 Å². The monoisotopic (exact) mass is 404 g/mol. The molecule has 6 nitrogen and oxygen atoms in total. The Morgan fingerprint density at radius 2 is 2.32 bits per heavy atom. The smallest absolute Gasteiger partial charge is 0.0969 e. The molecule has 28 heavy (non-hydrogen) atoms. The van der Waals surface area contributed by atoms with Crippen LogP contribution in [0.2, 0.25) is 0 Å². The Bertz CT molecular complexity index is 789. The third-order valence-corrected chi connectivity index (χ3v) is 7.48. The highest BCUT2D eigenvalue weighted by molar-refractivity contribution is 7.12. The lowest BCUT2D eigenvalue weighted by atomic mass is 9.79. The second-order valence-corrected chi connectivity index (χ2v) is 9.31. The van der Waals surface area contributed by atoms with Crippen LogP contribution in [0.3, 0.4) is 0 Å². The van der Waals surface area contributed by atoms with E-state index in [1.807, 2.05) is 16.0 Å². The third kappa shape index (κ3) is 4.03. The molecule has 1 fully saturated rings. The number of hydrogen-bond acceptors (Lipinski definition) is 6. The van der Waals surface area contributed by atoms with Crippen LogP contribution >= 0.6 is 11.3 Å². The van der Waals surface area contributed by atoms with Gasteiger partial charge in [0.1, 0.15) is 0 Å². The van der Waals surface area contributed by atoms with Crippen LogP contribution in [0.4, 0.5) is 0 Å². The van der Waals surface area contributed by atoms with E-state index in [9.17, 15) is 0 Å². The zero-order valence-electron chi connectivity index (χ0n) is 17.3. The second kappa shape index (κ2) is 8.61. The van der Waals surface area contributed by atoms with E-state index in [4.69, 9.17) is 9.47 Å². The fraction of sp³-hybridized carbons (Fsp3) is 0.714. The predicted molar refractivity (Wildman–Crippen MR) is 111 cm³/mol. The highest BCUT2D eigenvalue weighted by Gasteiger charge is 2.44. The fourth-order valence-corrected chi connectivity index (χ4v) is 5.79. The molecule has 2 atom stereocenters. The van der Waals surface area contributed by atoms with Crippen molar-refractivity contribution in [1.29, 1.82) is 0 Å². The third-order valence-electron chi connectivity index (χ3n) is 6.15. The summed E-state index contributed by atoms with van der Waals surface area (Å²) in [7, 11) is 1.73. The first-order valence-corrected chi connectivity index (χ1v) is 11.3. The molecule has 154 valence electrons. The van der Waals surface area contributed by atoms with Crippen LogP contribution in [0, 0.1) is 0 Å². The first-order valence-electron chi connectivity index (χ1n) is 10.5. The van der Waals surface area contributed by atoms with Crippen molar-refractivity contribution in [2.45, 2.75) is 70.7 Å². The summed E-state index contributed by atoms with van der Waals surface area (Å²) in [6.07, 6.45) is 7.35. The lowest BCUT2D eigenvalue weighted by Gasteiger charge is -2.47. The van der Waals surface area contributed by atoms with Gasteiger partial charge < -0.3 is 9.47 Å². The summed E-state index contributed by atoms with van der Waals surface area (Å²) in [5, 5.41) is 8.64. The first-order chi connectivity index (χ1) is 13.6. The molecule has 7 heteroatoms. The Hall–Kier alpha value is -1.28. The van der Waals surface area contributed by atoms with E-state index in [2.05, 4.69) is 41.3 Å². The molecule has 2 aliphatic rings. The van der Waals surface area contributed by atoms with Crippen molar-refractivity contribution in [3.63, 3.8) is 0 Å². The van der Waals surface area contributed by atoms with E-state index < -0.39 is 0 Å². The van der Waals surface area contributed by atoms with Gasteiger partial charge in [0, 0.05) is 61.8 Å². The summed E-state index contributed by atoms with van der Waals surface area (Å²) in [6, 6.07) is 2.89.